The Morgan fingerprint density at radius 1 is 0.900 bits per heavy atom. The van der Waals surface area contributed by atoms with E-state index in [1.165, 1.54) is 22.6 Å². The Labute approximate surface area is 122 Å². The van der Waals surface area contributed by atoms with Gasteiger partial charge in [0.2, 0.25) is 5.96 Å². The summed E-state index contributed by atoms with van der Waals surface area (Å²) in [5, 5.41) is 0. The molecule has 1 fully saturated rings. The van der Waals surface area contributed by atoms with Gasteiger partial charge < -0.3 is 0 Å². The Hall–Kier alpha value is -1.39. The largest absolute Gasteiger partial charge is 0.319 e. The van der Waals surface area contributed by atoms with Crippen molar-refractivity contribution in [1.82, 2.24) is 9.80 Å². The van der Waals surface area contributed by atoms with E-state index in [1.807, 2.05) is 27.7 Å². The predicted molar refractivity (Wildman–Crippen MR) is 80.4 cm³/mol. The molecule has 2 amide bonds. The van der Waals surface area contributed by atoms with Gasteiger partial charge in [0.05, 0.1) is 0 Å². The summed E-state index contributed by atoms with van der Waals surface area (Å²) in [7, 11) is 0. The Morgan fingerprint density at radius 2 is 1.40 bits per heavy atom. The van der Waals surface area contributed by atoms with E-state index < -0.39 is 11.8 Å². The van der Waals surface area contributed by atoms with Crippen LogP contribution in [0, 0.1) is 0 Å². The van der Waals surface area contributed by atoms with E-state index in [1.54, 1.807) is 0 Å². The first-order valence-electron chi connectivity index (χ1n) is 7.63. The van der Waals surface area contributed by atoms with Crippen LogP contribution in [0.3, 0.4) is 0 Å². The van der Waals surface area contributed by atoms with Crippen LogP contribution in [0.4, 0.5) is 0 Å². The molecule has 0 N–H and O–H groups in total. The van der Waals surface area contributed by atoms with Crippen molar-refractivity contribution in [3.63, 3.8) is 0 Å². The van der Waals surface area contributed by atoms with Crippen LogP contribution in [0.1, 0.15) is 60.3 Å². The lowest BCUT2D eigenvalue weighted by Crippen LogP contribution is -2.42. The first kappa shape index (κ1) is 16.7. The van der Waals surface area contributed by atoms with Gasteiger partial charge >= 0.3 is 11.8 Å². The normalized spacial score (nSPS) is 16.1. The van der Waals surface area contributed by atoms with Gasteiger partial charge in [-0.05, 0) is 34.1 Å². The molecule has 0 saturated carbocycles. The number of hydrogen-bond donors (Lipinski definition) is 0. The van der Waals surface area contributed by atoms with E-state index >= 15 is 0 Å². The minimum Gasteiger partial charge on any atom is -0.271 e. The third-order valence-corrected chi connectivity index (χ3v) is 3.35. The Balaban J connectivity index is 2.87. The standard InChI is InChI=1S/C15H27N3O2/c1-6-7-8-9-10-16-15-17(11(2)3)13(19)14(20)18(15)12(4)5/h11-12H,6-10H2,1-5H3. The zero-order chi connectivity index (χ0) is 15.3. The van der Waals surface area contributed by atoms with Crippen molar-refractivity contribution in [3.05, 3.63) is 0 Å². The fourth-order valence-electron chi connectivity index (χ4n) is 2.30. The highest BCUT2D eigenvalue weighted by atomic mass is 16.2. The molecule has 1 saturated heterocycles. The molecule has 0 aromatic heterocycles. The van der Waals surface area contributed by atoms with Gasteiger partial charge in [-0.2, -0.15) is 0 Å². The molecule has 0 aromatic rings. The highest BCUT2D eigenvalue weighted by Gasteiger charge is 2.44. The summed E-state index contributed by atoms with van der Waals surface area (Å²) < 4.78 is 0. The number of guanidine groups is 1. The van der Waals surface area contributed by atoms with E-state index in [-0.39, 0.29) is 12.1 Å². The van der Waals surface area contributed by atoms with E-state index in [9.17, 15) is 9.59 Å². The maximum atomic E-state index is 12.1. The lowest BCUT2D eigenvalue weighted by atomic mass is 10.2. The summed E-state index contributed by atoms with van der Waals surface area (Å²) >= 11 is 0. The van der Waals surface area contributed by atoms with Crippen molar-refractivity contribution in [2.45, 2.75) is 72.4 Å². The molecule has 5 heteroatoms. The van der Waals surface area contributed by atoms with Gasteiger partial charge in [0.25, 0.3) is 0 Å². The molecule has 0 aromatic carbocycles. The highest BCUT2D eigenvalue weighted by molar-refractivity contribution is 6.45. The second-order valence-electron chi connectivity index (χ2n) is 5.78. The molecule has 0 unspecified atom stereocenters. The summed E-state index contributed by atoms with van der Waals surface area (Å²) in [5.74, 6) is -0.386. The van der Waals surface area contributed by atoms with E-state index in [4.69, 9.17) is 0 Å². The number of nitrogens with zero attached hydrogens (tertiary/aromatic N) is 3. The molecule has 0 aliphatic carbocycles. The summed E-state index contributed by atoms with van der Waals surface area (Å²) in [6.07, 6.45) is 4.52. The van der Waals surface area contributed by atoms with Crippen LogP contribution in [-0.2, 0) is 9.59 Å². The van der Waals surface area contributed by atoms with Crippen LogP contribution in [0.2, 0.25) is 0 Å². The topological polar surface area (TPSA) is 53.0 Å². The molecule has 0 spiro atoms. The highest BCUT2D eigenvalue weighted by Crippen LogP contribution is 2.18. The minimum atomic E-state index is -0.457. The first-order chi connectivity index (χ1) is 9.41. The molecule has 20 heavy (non-hydrogen) atoms. The number of amides is 2. The Kier molecular flexibility index (Phi) is 6.17. The molecule has 1 rings (SSSR count). The van der Waals surface area contributed by atoms with Gasteiger partial charge in [-0.15, -0.1) is 0 Å². The molecule has 1 heterocycles. The van der Waals surface area contributed by atoms with Gasteiger partial charge in [-0.25, -0.2) is 0 Å². The Bertz CT molecular complexity index is 361. The van der Waals surface area contributed by atoms with E-state index in [0.717, 1.165) is 12.8 Å². The molecular weight excluding hydrogens is 254 g/mol. The summed E-state index contributed by atoms with van der Waals surface area (Å²) in [6.45, 7) is 10.5. The van der Waals surface area contributed by atoms with Gasteiger partial charge in [-0.3, -0.25) is 24.4 Å². The van der Waals surface area contributed by atoms with E-state index in [2.05, 4.69) is 11.9 Å². The van der Waals surface area contributed by atoms with Crippen molar-refractivity contribution in [2.24, 2.45) is 4.99 Å². The minimum absolute atomic E-state index is 0.0513. The first-order valence-corrected chi connectivity index (χ1v) is 7.63. The van der Waals surface area contributed by atoms with Gasteiger partial charge in [0, 0.05) is 18.6 Å². The molecule has 1 aliphatic heterocycles. The maximum Gasteiger partial charge on any atom is 0.319 e. The quantitative estimate of drug-likeness (QED) is 0.531. The van der Waals surface area contributed by atoms with Crippen molar-refractivity contribution in [1.29, 1.82) is 0 Å². The lowest BCUT2D eigenvalue weighted by Gasteiger charge is -2.25. The molecular formula is C15H27N3O2. The number of carbonyl (C=O) groups excluding carboxylic acids is 2. The number of carbonyl (C=O) groups is 2. The average molecular weight is 281 g/mol. The smallest absolute Gasteiger partial charge is 0.271 e. The second kappa shape index (κ2) is 7.41. The molecule has 1 aliphatic rings. The second-order valence-corrected chi connectivity index (χ2v) is 5.78. The monoisotopic (exact) mass is 281 g/mol. The fraction of sp³-hybridized carbons (Fsp3) is 0.800. The average Bonchev–Trinajstić information content (AvgIpc) is 2.61. The van der Waals surface area contributed by atoms with Crippen LogP contribution >= 0.6 is 0 Å². The van der Waals surface area contributed by atoms with Crippen molar-refractivity contribution >= 4 is 17.8 Å². The molecule has 0 atom stereocenters. The fourth-order valence-corrected chi connectivity index (χ4v) is 2.30. The summed E-state index contributed by atoms with van der Waals surface area (Å²) in [5.41, 5.74) is 0. The molecule has 114 valence electrons. The number of aliphatic imine (C=N–C) groups is 1. The summed E-state index contributed by atoms with van der Waals surface area (Å²) in [4.78, 5) is 31.7. The van der Waals surface area contributed by atoms with Crippen LogP contribution in [0.25, 0.3) is 0 Å². The molecule has 5 nitrogen and oxygen atoms in total. The van der Waals surface area contributed by atoms with Crippen LogP contribution in [0.5, 0.6) is 0 Å². The van der Waals surface area contributed by atoms with Crippen molar-refractivity contribution in [3.8, 4) is 0 Å². The van der Waals surface area contributed by atoms with Crippen LogP contribution < -0.4 is 0 Å². The summed E-state index contributed by atoms with van der Waals surface area (Å²) in [6, 6.07) is -0.103. The number of unbranched alkanes of at least 4 members (excludes halogenated alkanes) is 3. The maximum absolute atomic E-state index is 12.1. The zero-order valence-electron chi connectivity index (χ0n) is 13.3. The van der Waals surface area contributed by atoms with Crippen LogP contribution in [-0.4, -0.2) is 46.2 Å². The third kappa shape index (κ3) is 3.58. The van der Waals surface area contributed by atoms with E-state index in [0.29, 0.717) is 12.5 Å². The predicted octanol–water partition coefficient (Wildman–Crippen LogP) is 2.41. The van der Waals surface area contributed by atoms with Gasteiger partial charge in [0.15, 0.2) is 0 Å². The number of hydrogen-bond acceptors (Lipinski definition) is 3. The van der Waals surface area contributed by atoms with Gasteiger partial charge in [0.1, 0.15) is 0 Å². The lowest BCUT2D eigenvalue weighted by molar-refractivity contribution is -0.144. The Morgan fingerprint density at radius 3 is 1.80 bits per heavy atom. The van der Waals surface area contributed by atoms with Gasteiger partial charge in [-0.1, -0.05) is 26.2 Å². The SMILES string of the molecule is CCCCCCN=C1N(C(C)C)C(=O)C(=O)N1C(C)C. The third-order valence-electron chi connectivity index (χ3n) is 3.35. The molecule has 0 bridgehead atoms. The number of rotatable bonds is 7. The molecule has 0 radical (unpaired) electrons. The zero-order valence-corrected chi connectivity index (χ0v) is 13.3. The van der Waals surface area contributed by atoms with Crippen LogP contribution in [0.15, 0.2) is 4.99 Å². The van der Waals surface area contributed by atoms with Crippen molar-refractivity contribution < 1.29 is 9.59 Å². The van der Waals surface area contributed by atoms with Crippen molar-refractivity contribution in [2.75, 3.05) is 6.54 Å².